The first-order valence-corrected chi connectivity index (χ1v) is 6.80. The van der Waals surface area contributed by atoms with E-state index in [1.54, 1.807) is 18.2 Å². The van der Waals surface area contributed by atoms with Crippen molar-refractivity contribution in [2.45, 2.75) is 18.9 Å². The van der Waals surface area contributed by atoms with Crippen LogP contribution in [0.15, 0.2) is 18.2 Å². The number of carbonyl (C=O) groups is 1. The van der Waals surface area contributed by atoms with Crippen LogP contribution in [0.1, 0.15) is 23.5 Å². The molecule has 1 aromatic heterocycles. The van der Waals surface area contributed by atoms with Crippen LogP contribution in [-0.2, 0) is 4.74 Å². The number of ether oxygens (including phenoxy) is 1. The van der Waals surface area contributed by atoms with Crippen molar-refractivity contribution in [2.75, 3.05) is 13.2 Å². The molecule has 0 bridgehead atoms. The lowest BCUT2D eigenvalue weighted by atomic mass is 10.2. The van der Waals surface area contributed by atoms with Crippen molar-refractivity contribution in [3.63, 3.8) is 0 Å². The summed E-state index contributed by atoms with van der Waals surface area (Å²) in [5.74, 6) is -0.312. The van der Waals surface area contributed by atoms with Crippen LogP contribution >= 0.6 is 11.6 Å². The van der Waals surface area contributed by atoms with E-state index in [2.05, 4.69) is 20.5 Å². The third-order valence-corrected chi connectivity index (χ3v) is 3.37. The van der Waals surface area contributed by atoms with Gasteiger partial charge in [-0.15, -0.1) is 10.2 Å². The maximum atomic E-state index is 12.0. The van der Waals surface area contributed by atoms with Gasteiger partial charge in [-0.3, -0.25) is 4.79 Å². The van der Waals surface area contributed by atoms with E-state index in [4.69, 9.17) is 16.3 Å². The van der Waals surface area contributed by atoms with Gasteiger partial charge in [0.1, 0.15) is 5.52 Å². The van der Waals surface area contributed by atoms with Gasteiger partial charge in [-0.25, -0.2) is 4.98 Å². The van der Waals surface area contributed by atoms with Crippen molar-refractivity contribution < 1.29 is 9.53 Å². The first-order chi connectivity index (χ1) is 9.72. The average molecular weight is 293 g/mol. The Morgan fingerprint density at radius 3 is 3.10 bits per heavy atom. The molecule has 1 fully saturated rings. The van der Waals surface area contributed by atoms with Gasteiger partial charge in [0.15, 0.2) is 0 Å². The zero-order valence-electron chi connectivity index (χ0n) is 10.7. The molecule has 1 aliphatic heterocycles. The molecular formula is C13H13ClN4O2. The highest BCUT2D eigenvalue weighted by molar-refractivity contribution is 6.31. The summed E-state index contributed by atoms with van der Waals surface area (Å²) in [6.07, 6.45) is 2.08. The summed E-state index contributed by atoms with van der Waals surface area (Å²) >= 11 is 5.89. The summed E-state index contributed by atoms with van der Waals surface area (Å²) in [7, 11) is 0. The molecular weight excluding hydrogens is 280 g/mol. The monoisotopic (exact) mass is 292 g/mol. The number of carbonyl (C=O) groups excluding carboxylic acids is 1. The number of nitrogens with zero attached hydrogens (tertiary/aromatic N) is 3. The summed E-state index contributed by atoms with van der Waals surface area (Å²) < 4.78 is 5.44. The van der Waals surface area contributed by atoms with Crippen LogP contribution < -0.4 is 5.32 Å². The Hall–Kier alpha value is -1.79. The lowest BCUT2D eigenvalue weighted by molar-refractivity contribution is 0.0848. The van der Waals surface area contributed by atoms with Gasteiger partial charge in [0.05, 0.1) is 11.6 Å². The Bertz CT molecular complexity index is 643. The minimum atomic E-state index is -0.352. The molecule has 0 radical (unpaired) electrons. The highest BCUT2D eigenvalue weighted by Gasteiger charge is 2.18. The van der Waals surface area contributed by atoms with Crippen LogP contribution in [0.2, 0.25) is 5.02 Å². The standard InChI is InChI=1S/C13H13ClN4O2/c14-8-3-4-10-11(6-8)16-12(18-17-10)13(19)15-7-9-2-1-5-20-9/h3-4,6,9H,1-2,5,7H2,(H,15,19). The molecule has 3 rings (SSSR count). The summed E-state index contributed by atoms with van der Waals surface area (Å²) in [4.78, 5) is 16.1. The Balaban J connectivity index is 1.73. The molecule has 1 amide bonds. The van der Waals surface area contributed by atoms with Gasteiger partial charge < -0.3 is 10.1 Å². The second-order valence-corrected chi connectivity index (χ2v) is 5.05. The molecule has 0 saturated carbocycles. The molecule has 1 aliphatic rings. The van der Waals surface area contributed by atoms with E-state index in [9.17, 15) is 4.79 Å². The predicted molar refractivity (Wildman–Crippen MR) is 73.7 cm³/mol. The zero-order chi connectivity index (χ0) is 13.9. The number of nitrogens with one attached hydrogen (secondary N) is 1. The van der Waals surface area contributed by atoms with Crippen LogP contribution in [0.4, 0.5) is 0 Å². The van der Waals surface area contributed by atoms with Crippen LogP contribution in [-0.4, -0.2) is 40.3 Å². The number of fused-ring (bicyclic) bond motifs is 1. The maximum absolute atomic E-state index is 12.0. The van der Waals surface area contributed by atoms with E-state index in [1.165, 1.54) is 0 Å². The zero-order valence-corrected chi connectivity index (χ0v) is 11.4. The molecule has 104 valence electrons. The van der Waals surface area contributed by atoms with Crippen molar-refractivity contribution in [3.8, 4) is 0 Å². The molecule has 1 atom stereocenters. The number of aromatic nitrogens is 3. The topological polar surface area (TPSA) is 77.0 Å². The molecule has 0 spiro atoms. The largest absolute Gasteiger partial charge is 0.376 e. The normalized spacial score (nSPS) is 18.4. The molecule has 0 aliphatic carbocycles. The van der Waals surface area contributed by atoms with Crippen molar-refractivity contribution in [2.24, 2.45) is 0 Å². The maximum Gasteiger partial charge on any atom is 0.291 e. The van der Waals surface area contributed by atoms with Crippen LogP contribution in [0, 0.1) is 0 Å². The molecule has 1 aromatic carbocycles. The number of hydrogen-bond donors (Lipinski definition) is 1. The second kappa shape index (κ2) is 5.68. The number of halogens is 1. The number of amides is 1. The van der Waals surface area contributed by atoms with Crippen molar-refractivity contribution >= 4 is 28.5 Å². The summed E-state index contributed by atoms with van der Waals surface area (Å²) in [5.41, 5.74) is 1.15. The quantitative estimate of drug-likeness (QED) is 0.929. The predicted octanol–water partition coefficient (Wildman–Crippen LogP) is 1.59. The minimum Gasteiger partial charge on any atom is -0.376 e. The van der Waals surface area contributed by atoms with E-state index in [0.717, 1.165) is 19.4 Å². The van der Waals surface area contributed by atoms with Gasteiger partial charge in [-0.05, 0) is 31.0 Å². The van der Waals surface area contributed by atoms with Gasteiger partial charge in [0.2, 0.25) is 5.82 Å². The Kier molecular flexibility index (Phi) is 3.75. The van der Waals surface area contributed by atoms with Crippen molar-refractivity contribution in [3.05, 3.63) is 29.0 Å². The van der Waals surface area contributed by atoms with Crippen molar-refractivity contribution in [1.29, 1.82) is 0 Å². The van der Waals surface area contributed by atoms with Crippen molar-refractivity contribution in [1.82, 2.24) is 20.5 Å². The average Bonchev–Trinajstić information content (AvgIpc) is 2.97. The molecule has 1 N–H and O–H groups in total. The SMILES string of the molecule is O=C(NCC1CCCO1)c1nnc2ccc(Cl)cc2n1. The third kappa shape index (κ3) is 2.86. The highest BCUT2D eigenvalue weighted by atomic mass is 35.5. The van der Waals surface area contributed by atoms with Gasteiger partial charge in [-0.1, -0.05) is 11.6 Å². The third-order valence-electron chi connectivity index (χ3n) is 3.13. The van der Waals surface area contributed by atoms with E-state index in [-0.39, 0.29) is 17.8 Å². The van der Waals surface area contributed by atoms with Gasteiger partial charge in [-0.2, -0.15) is 0 Å². The second-order valence-electron chi connectivity index (χ2n) is 4.61. The van der Waals surface area contributed by atoms with E-state index >= 15 is 0 Å². The molecule has 20 heavy (non-hydrogen) atoms. The molecule has 1 unspecified atom stereocenters. The summed E-state index contributed by atoms with van der Waals surface area (Å²) in [6, 6.07) is 5.07. The van der Waals surface area contributed by atoms with E-state index < -0.39 is 0 Å². The van der Waals surface area contributed by atoms with Gasteiger partial charge in [0.25, 0.3) is 5.91 Å². The first kappa shape index (κ1) is 13.2. The lowest BCUT2D eigenvalue weighted by Gasteiger charge is -2.09. The fraction of sp³-hybridized carbons (Fsp3) is 0.385. The fourth-order valence-electron chi connectivity index (χ4n) is 2.10. The smallest absolute Gasteiger partial charge is 0.291 e. The molecule has 1 saturated heterocycles. The van der Waals surface area contributed by atoms with E-state index in [1.807, 2.05) is 0 Å². The van der Waals surface area contributed by atoms with Crippen LogP contribution in [0.3, 0.4) is 0 Å². The molecule has 2 aromatic rings. The highest BCUT2D eigenvalue weighted by Crippen LogP contribution is 2.15. The molecule has 6 nitrogen and oxygen atoms in total. The minimum absolute atomic E-state index is 0.0396. The Morgan fingerprint density at radius 1 is 1.40 bits per heavy atom. The Morgan fingerprint density at radius 2 is 2.30 bits per heavy atom. The lowest BCUT2D eigenvalue weighted by Crippen LogP contribution is -2.33. The number of hydrogen-bond acceptors (Lipinski definition) is 5. The molecule has 7 heteroatoms. The first-order valence-electron chi connectivity index (χ1n) is 6.42. The fourth-order valence-corrected chi connectivity index (χ4v) is 2.26. The van der Waals surface area contributed by atoms with Gasteiger partial charge >= 0.3 is 0 Å². The summed E-state index contributed by atoms with van der Waals surface area (Å²) in [5, 5.41) is 11.1. The molecule has 2 heterocycles. The van der Waals surface area contributed by atoms with Crippen LogP contribution in [0.5, 0.6) is 0 Å². The summed E-state index contributed by atoms with van der Waals surface area (Å²) in [6.45, 7) is 1.23. The van der Waals surface area contributed by atoms with Gasteiger partial charge in [0, 0.05) is 18.2 Å². The van der Waals surface area contributed by atoms with E-state index in [0.29, 0.717) is 22.6 Å². The number of rotatable bonds is 3. The van der Waals surface area contributed by atoms with Crippen LogP contribution in [0.25, 0.3) is 11.0 Å². The number of benzene rings is 1. The Labute approximate surface area is 120 Å².